The van der Waals surface area contributed by atoms with Gasteiger partial charge in [-0.2, -0.15) is 0 Å². The molecule has 1 fully saturated rings. The van der Waals surface area contributed by atoms with E-state index in [0.717, 1.165) is 24.5 Å². The van der Waals surface area contributed by atoms with Crippen molar-refractivity contribution in [3.63, 3.8) is 0 Å². The first-order valence-corrected chi connectivity index (χ1v) is 9.77. The Kier molecular flexibility index (Phi) is 6.83. The average molecular weight is 415 g/mol. The molecule has 1 aromatic heterocycles. The first-order valence-electron chi connectivity index (χ1n) is 9.77. The van der Waals surface area contributed by atoms with Crippen LogP contribution in [0.15, 0.2) is 36.5 Å². The number of nitrogens with zero attached hydrogens (tertiary/aromatic N) is 2. The fraction of sp³-hybridized carbons (Fsp3) is 0.381. The molecule has 2 aromatic rings. The van der Waals surface area contributed by atoms with Crippen molar-refractivity contribution in [1.82, 2.24) is 10.3 Å². The molecule has 0 aliphatic carbocycles. The van der Waals surface area contributed by atoms with Gasteiger partial charge in [-0.3, -0.25) is 4.79 Å². The molecule has 1 aromatic carbocycles. The van der Waals surface area contributed by atoms with Crippen molar-refractivity contribution in [3.05, 3.63) is 47.9 Å². The second-order valence-electron chi connectivity index (χ2n) is 7.37. The number of carbonyl (C=O) groups is 2. The Morgan fingerprint density at radius 2 is 1.90 bits per heavy atom. The lowest BCUT2D eigenvalue weighted by Crippen LogP contribution is -2.45. The van der Waals surface area contributed by atoms with Gasteiger partial charge in [0.15, 0.2) is 0 Å². The molecular formula is C21H26FN5O3. The number of amides is 3. The molecule has 1 saturated heterocycles. The van der Waals surface area contributed by atoms with E-state index in [9.17, 15) is 14.0 Å². The van der Waals surface area contributed by atoms with Crippen LogP contribution < -0.4 is 20.9 Å². The summed E-state index contributed by atoms with van der Waals surface area (Å²) in [5, 5.41) is 7.72. The van der Waals surface area contributed by atoms with Crippen LogP contribution in [0.1, 0.15) is 26.3 Å². The van der Waals surface area contributed by atoms with Gasteiger partial charge in [0.1, 0.15) is 11.6 Å². The lowest BCUT2D eigenvalue weighted by atomic mass is 10.2. The van der Waals surface area contributed by atoms with E-state index in [-0.39, 0.29) is 24.4 Å². The highest BCUT2D eigenvalue weighted by Gasteiger charge is 2.23. The van der Waals surface area contributed by atoms with Gasteiger partial charge in [0.05, 0.1) is 17.9 Å². The summed E-state index contributed by atoms with van der Waals surface area (Å²) in [6, 6.07) is 7.35. The molecule has 3 amide bonds. The highest BCUT2D eigenvalue weighted by molar-refractivity contribution is 5.92. The summed E-state index contributed by atoms with van der Waals surface area (Å²) >= 11 is 0. The number of benzene rings is 1. The van der Waals surface area contributed by atoms with E-state index in [2.05, 4.69) is 25.8 Å². The molecule has 2 atom stereocenters. The number of urea groups is 1. The summed E-state index contributed by atoms with van der Waals surface area (Å²) in [4.78, 5) is 30.0. The number of pyridine rings is 1. The lowest BCUT2D eigenvalue weighted by Gasteiger charge is -2.36. The second kappa shape index (κ2) is 9.53. The van der Waals surface area contributed by atoms with Crippen molar-refractivity contribution in [2.45, 2.75) is 39.5 Å². The average Bonchev–Trinajstić information content (AvgIpc) is 2.68. The van der Waals surface area contributed by atoms with Gasteiger partial charge < -0.3 is 25.6 Å². The number of hydrogen-bond donors (Lipinski definition) is 3. The number of ether oxygens (including phenoxy) is 1. The number of halogens is 1. The summed E-state index contributed by atoms with van der Waals surface area (Å²) < 4.78 is 19.4. The first-order chi connectivity index (χ1) is 14.3. The van der Waals surface area contributed by atoms with Gasteiger partial charge in [-0.25, -0.2) is 14.2 Å². The SMILES string of the molecule is CC(=O)Nc1cc(NC(=O)NCc2ccc(N3CC(C)OC(C)C3)nc2)ccc1F. The van der Waals surface area contributed by atoms with Crippen LogP contribution in [0.25, 0.3) is 0 Å². The Morgan fingerprint density at radius 3 is 2.53 bits per heavy atom. The third kappa shape index (κ3) is 5.90. The lowest BCUT2D eigenvalue weighted by molar-refractivity contribution is -0.114. The zero-order valence-electron chi connectivity index (χ0n) is 17.2. The van der Waals surface area contributed by atoms with Crippen molar-refractivity contribution >= 4 is 29.1 Å². The number of hydrogen-bond acceptors (Lipinski definition) is 5. The van der Waals surface area contributed by atoms with Crippen LogP contribution in [0.4, 0.5) is 26.4 Å². The van der Waals surface area contributed by atoms with Gasteiger partial charge in [-0.1, -0.05) is 6.07 Å². The molecule has 0 radical (unpaired) electrons. The molecule has 3 rings (SSSR count). The largest absolute Gasteiger partial charge is 0.372 e. The summed E-state index contributed by atoms with van der Waals surface area (Å²) in [5.41, 5.74) is 1.22. The Labute approximate surface area is 174 Å². The van der Waals surface area contributed by atoms with Crippen molar-refractivity contribution in [2.24, 2.45) is 0 Å². The summed E-state index contributed by atoms with van der Waals surface area (Å²) in [6.45, 7) is 7.23. The van der Waals surface area contributed by atoms with Gasteiger partial charge in [-0.05, 0) is 43.7 Å². The van der Waals surface area contributed by atoms with Crippen LogP contribution in [0.5, 0.6) is 0 Å². The van der Waals surface area contributed by atoms with Crippen LogP contribution in [0.3, 0.4) is 0 Å². The van der Waals surface area contributed by atoms with Crippen molar-refractivity contribution in [3.8, 4) is 0 Å². The third-order valence-electron chi connectivity index (χ3n) is 4.54. The van der Waals surface area contributed by atoms with E-state index >= 15 is 0 Å². The molecule has 30 heavy (non-hydrogen) atoms. The molecule has 3 N–H and O–H groups in total. The molecule has 1 aliphatic rings. The number of carbonyl (C=O) groups excluding carboxylic acids is 2. The van der Waals surface area contributed by atoms with Crippen molar-refractivity contribution in [1.29, 1.82) is 0 Å². The van der Waals surface area contributed by atoms with Gasteiger partial charge in [-0.15, -0.1) is 0 Å². The molecule has 2 unspecified atom stereocenters. The summed E-state index contributed by atoms with van der Waals surface area (Å²) in [6.07, 6.45) is 2.03. The van der Waals surface area contributed by atoms with Crippen LogP contribution >= 0.6 is 0 Å². The minimum atomic E-state index is -0.577. The molecule has 0 saturated carbocycles. The Hall–Kier alpha value is -3.20. The Morgan fingerprint density at radius 1 is 1.17 bits per heavy atom. The predicted octanol–water partition coefficient (Wildman–Crippen LogP) is 3.11. The molecule has 2 heterocycles. The number of morpholine rings is 1. The molecular weight excluding hydrogens is 389 g/mol. The molecule has 9 heteroatoms. The quantitative estimate of drug-likeness (QED) is 0.697. The smallest absolute Gasteiger partial charge is 0.319 e. The van der Waals surface area contributed by atoms with Crippen LogP contribution in [-0.4, -0.2) is 42.2 Å². The third-order valence-corrected chi connectivity index (χ3v) is 4.54. The number of rotatable bonds is 5. The fourth-order valence-electron chi connectivity index (χ4n) is 3.32. The summed E-state index contributed by atoms with van der Waals surface area (Å²) in [7, 11) is 0. The standard InChI is InChI=1S/C21H26FN5O3/c1-13-11-27(12-14(2)30-13)20-7-4-16(9-23-20)10-24-21(29)26-17-5-6-18(22)19(8-17)25-15(3)28/h4-9,13-14H,10-12H2,1-3H3,(H,25,28)(H2,24,26,29). The number of nitrogens with one attached hydrogen (secondary N) is 3. The summed E-state index contributed by atoms with van der Waals surface area (Å²) in [5.74, 6) is -0.0964. The normalized spacial score (nSPS) is 18.6. The molecule has 0 spiro atoms. The highest BCUT2D eigenvalue weighted by Crippen LogP contribution is 2.20. The van der Waals surface area contributed by atoms with E-state index in [1.54, 1.807) is 6.20 Å². The monoisotopic (exact) mass is 415 g/mol. The van der Waals surface area contributed by atoms with Crippen molar-refractivity contribution < 1.29 is 18.7 Å². The molecule has 160 valence electrons. The predicted molar refractivity (Wildman–Crippen MR) is 113 cm³/mol. The zero-order valence-corrected chi connectivity index (χ0v) is 17.2. The van der Waals surface area contributed by atoms with Crippen LogP contribution in [0.2, 0.25) is 0 Å². The van der Waals surface area contributed by atoms with Crippen LogP contribution in [0, 0.1) is 5.82 Å². The number of anilines is 3. The Balaban J connectivity index is 1.53. The minimum absolute atomic E-state index is 0.00633. The molecule has 1 aliphatic heterocycles. The van der Waals surface area contributed by atoms with E-state index in [1.165, 1.54) is 25.1 Å². The zero-order chi connectivity index (χ0) is 21.7. The van der Waals surface area contributed by atoms with Crippen molar-refractivity contribution in [2.75, 3.05) is 28.6 Å². The van der Waals surface area contributed by atoms with Gasteiger partial charge in [0, 0.05) is 38.4 Å². The second-order valence-corrected chi connectivity index (χ2v) is 7.37. The maximum absolute atomic E-state index is 13.7. The minimum Gasteiger partial charge on any atom is -0.372 e. The van der Waals surface area contributed by atoms with E-state index in [1.807, 2.05) is 26.0 Å². The molecule has 8 nitrogen and oxygen atoms in total. The first kappa shape index (κ1) is 21.5. The van der Waals surface area contributed by atoms with E-state index in [0.29, 0.717) is 5.69 Å². The van der Waals surface area contributed by atoms with E-state index in [4.69, 9.17) is 4.74 Å². The maximum Gasteiger partial charge on any atom is 0.319 e. The highest BCUT2D eigenvalue weighted by atomic mass is 19.1. The Bertz CT molecular complexity index is 896. The van der Waals surface area contributed by atoms with Gasteiger partial charge in [0.25, 0.3) is 0 Å². The topological polar surface area (TPSA) is 95.6 Å². The van der Waals surface area contributed by atoms with Gasteiger partial charge >= 0.3 is 6.03 Å². The van der Waals surface area contributed by atoms with Crippen LogP contribution in [-0.2, 0) is 16.1 Å². The van der Waals surface area contributed by atoms with Gasteiger partial charge in [0.2, 0.25) is 5.91 Å². The number of aromatic nitrogens is 1. The fourth-order valence-corrected chi connectivity index (χ4v) is 3.32. The van der Waals surface area contributed by atoms with E-state index < -0.39 is 17.8 Å². The molecule has 0 bridgehead atoms. The maximum atomic E-state index is 13.7.